The SMILES string of the molecule is Cc1ccc(O)c(C(C)Nc2cc(F)ccc2C)c1. The first-order valence-corrected chi connectivity index (χ1v) is 6.29. The van der Waals surface area contributed by atoms with Crippen molar-refractivity contribution < 1.29 is 9.50 Å². The van der Waals surface area contributed by atoms with E-state index in [1.807, 2.05) is 32.9 Å². The minimum atomic E-state index is -0.270. The van der Waals surface area contributed by atoms with Crippen LogP contribution in [0.3, 0.4) is 0 Å². The zero-order chi connectivity index (χ0) is 14.0. The van der Waals surface area contributed by atoms with Crippen LogP contribution in [0, 0.1) is 19.7 Å². The van der Waals surface area contributed by atoms with Gasteiger partial charge in [0.15, 0.2) is 0 Å². The summed E-state index contributed by atoms with van der Waals surface area (Å²) < 4.78 is 13.3. The summed E-state index contributed by atoms with van der Waals surface area (Å²) in [7, 11) is 0. The molecule has 2 aromatic rings. The maximum atomic E-state index is 13.3. The maximum absolute atomic E-state index is 13.3. The monoisotopic (exact) mass is 259 g/mol. The molecule has 2 nitrogen and oxygen atoms in total. The summed E-state index contributed by atoms with van der Waals surface area (Å²) in [6.45, 7) is 5.84. The second-order valence-corrected chi connectivity index (χ2v) is 4.89. The van der Waals surface area contributed by atoms with Gasteiger partial charge in [0.2, 0.25) is 0 Å². The number of halogens is 1. The third kappa shape index (κ3) is 3.05. The van der Waals surface area contributed by atoms with Crippen LogP contribution in [0.4, 0.5) is 10.1 Å². The predicted molar refractivity (Wildman–Crippen MR) is 76.0 cm³/mol. The van der Waals surface area contributed by atoms with Crippen molar-refractivity contribution in [2.75, 3.05) is 5.32 Å². The van der Waals surface area contributed by atoms with E-state index in [4.69, 9.17) is 0 Å². The quantitative estimate of drug-likeness (QED) is 0.860. The number of hydrogen-bond donors (Lipinski definition) is 2. The van der Waals surface area contributed by atoms with Gasteiger partial charge < -0.3 is 10.4 Å². The van der Waals surface area contributed by atoms with Crippen LogP contribution in [-0.2, 0) is 0 Å². The number of aryl methyl sites for hydroxylation is 2. The van der Waals surface area contributed by atoms with Gasteiger partial charge in [0.05, 0.1) is 6.04 Å². The van der Waals surface area contributed by atoms with E-state index in [-0.39, 0.29) is 17.6 Å². The van der Waals surface area contributed by atoms with Crippen molar-refractivity contribution in [2.24, 2.45) is 0 Å². The molecule has 1 unspecified atom stereocenters. The van der Waals surface area contributed by atoms with Crippen LogP contribution in [0.15, 0.2) is 36.4 Å². The van der Waals surface area contributed by atoms with E-state index in [0.717, 1.165) is 22.4 Å². The molecule has 0 aliphatic carbocycles. The van der Waals surface area contributed by atoms with Gasteiger partial charge in [-0.3, -0.25) is 0 Å². The highest BCUT2D eigenvalue weighted by atomic mass is 19.1. The first kappa shape index (κ1) is 13.4. The lowest BCUT2D eigenvalue weighted by Crippen LogP contribution is -2.08. The number of anilines is 1. The fraction of sp³-hybridized carbons (Fsp3) is 0.250. The summed E-state index contributed by atoms with van der Waals surface area (Å²) in [5.74, 6) is -0.0200. The van der Waals surface area contributed by atoms with Crippen LogP contribution in [0.2, 0.25) is 0 Å². The Morgan fingerprint density at radius 3 is 2.58 bits per heavy atom. The molecule has 0 spiro atoms. The fourth-order valence-corrected chi connectivity index (χ4v) is 2.08. The molecule has 0 aliphatic rings. The minimum absolute atomic E-state index is 0.0969. The number of nitrogens with one attached hydrogen (secondary N) is 1. The highest BCUT2D eigenvalue weighted by molar-refractivity contribution is 5.53. The van der Waals surface area contributed by atoms with Gasteiger partial charge in [-0.1, -0.05) is 23.8 Å². The number of phenolic OH excluding ortho intramolecular Hbond substituents is 1. The van der Waals surface area contributed by atoms with Crippen molar-refractivity contribution in [1.29, 1.82) is 0 Å². The third-order valence-corrected chi connectivity index (χ3v) is 3.22. The molecule has 0 fully saturated rings. The average Bonchev–Trinajstić information content (AvgIpc) is 2.36. The molecule has 0 bridgehead atoms. The van der Waals surface area contributed by atoms with E-state index in [1.165, 1.54) is 12.1 Å². The van der Waals surface area contributed by atoms with Gasteiger partial charge in [0.25, 0.3) is 0 Å². The second-order valence-electron chi connectivity index (χ2n) is 4.89. The Morgan fingerprint density at radius 2 is 1.84 bits per heavy atom. The number of aromatic hydroxyl groups is 1. The Labute approximate surface area is 112 Å². The standard InChI is InChI=1S/C16H18FNO/c1-10-4-7-16(19)14(8-10)12(3)18-15-9-13(17)6-5-11(15)2/h4-9,12,18-19H,1-3H3. The van der Waals surface area contributed by atoms with Crippen LogP contribution >= 0.6 is 0 Å². The second kappa shape index (κ2) is 5.31. The van der Waals surface area contributed by atoms with E-state index in [2.05, 4.69) is 5.32 Å². The highest BCUT2D eigenvalue weighted by Gasteiger charge is 2.11. The van der Waals surface area contributed by atoms with Gasteiger partial charge in [0.1, 0.15) is 11.6 Å². The van der Waals surface area contributed by atoms with E-state index >= 15 is 0 Å². The summed E-state index contributed by atoms with van der Waals surface area (Å²) in [6, 6.07) is 10.0. The summed E-state index contributed by atoms with van der Waals surface area (Å²) >= 11 is 0. The molecule has 0 aromatic heterocycles. The Bertz CT molecular complexity index is 595. The molecule has 2 N–H and O–H groups in total. The van der Waals surface area contributed by atoms with Crippen molar-refractivity contribution in [2.45, 2.75) is 26.8 Å². The molecule has 2 aromatic carbocycles. The smallest absolute Gasteiger partial charge is 0.125 e. The normalized spacial score (nSPS) is 12.2. The summed E-state index contributed by atoms with van der Waals surface area (Å²) in [5.41, 5.74) is 3.61. The average molecular weight is 259 g/mol. The van der Waals surface area contributed by atoms with Crippen LogP contribution in [0.5, 0.6) is 5.75 Å². The van der Waals surface area contributed by atoms with Crippen LogP contribution in [-0.4, -0.2) is 5.11 Å². The number of rotatable bonds is 3. The van der Waals surface area contributed by atoms with Crippen LogP contribution in [0.25, 0.3) is 0 Å². The first-order valence-electron chi connectivity index (χ1n) is 6.29. The Hall–Kier alpha value is -2.03. The summed E-state index contributed by atoms with van der Waals surface area (Å²) in [5, 5.41) is 13.1. The third-order valence-electron chi connectivity index (χ3n) is 3.22. The first-order chi connectivity index (χ1) is 8.97. The molecule has 1 atom stereocenters. The van der Waals surface area contributed by atoms with E-state index in [1.54, 1.807) is 12.1 Å². The number of phenols is 1. The van der Waals surface area contributed by atoms with Gasteiger partial charge in [-0.05, 0) is 44.5 Å². The lowest BCUT2D eigenvalue weighted by Gasteiger charge is -2.19. The van der Waals surface area contributed by atoms with E-state index < -0.39 is 0 Å². The molecular formula is C16H18FNO. The molecule has 0 amide bonds. The van der Waals surface area contributed by atoms with Gasteiger partial charge in [0, 0.05) is 11.3 Å². The van der Waals surface area contributed by atoms with Crippen molar-refractivity contribution in [3.05, 3.63) is 58.9 Å². The molecule has 19 heavy (non-hydrogen) atoms. The minimum Gasteiger partial charge on any atom is -0.508 e. The van der Waals surface area contributed by atoms with Crippen molar-refractivity contribution in [1.82, 2.24) is 0 Å². The van der Waals surface area contributed by atoms with Crippen LogP contribution in [0.1, 0.15) is 29.7 Å². The van der Waals surface area contributed by atoms with Crippen molar-refractivity contribution in [3.8, 4) is 5.75 Å². The van der Waals surface area contributed by atoms with Gasteiger partial charge in [-0.15, -0.1) is 0 Å². The summed E-state index contributed by atoms with van der Waals surface area (Å²) in [6.07, 6.45) is 0. The largest absolute Gasteiger partial charge is 0.508 e. The lowest BCUT2D eigenvalue weighted by atomic mass is 10.0. The summed E-state index contributed by atoms with van der Waals surface area (Å²) in [4.78, 5) is 0. The predicted octanol–water partition coefficient (Wildman–Crippen LogP) is 4.32. The molecular weight excluding hydrogens is 241 g/mol. The fourth-order valence-electron chi connectivity index (χ4n) is 2.08. The van der Waals surface area contributed by atoms with Gasteiger partial charge in [-0.25, -0.2) is 4.39 Å². The molecule has 0 aliphatic heterocycles. The molecule has 0 saturated carbocycles. The lowest BCUT2D eigenvalue weighted by molar-refractivity contribution is 0.465. The van der Waals surface area contributed by atoms with Gasteiger partial charge in [-0.2, -0.15) is 0 Å². The highest BCUT2D eigenvalue weighted by Crippen LogP contribution is 2.29. The van der Waals surface area contributed by atoms with Crippen molar-refractivity contribution in [3.63, 3.8) is 0 Å². The number of hydrogen-bond acceptors (Lipinski definition) is 2. The maximum Gasteiger partial charge on any atom is 0.125 e. The molecule has 0 radical (unpaired) electrons. The zero-order valence-electron chi connectivity index (χ0n) is 11.4. The van der Waals surface area contributed by atoms with E-state index in [0.29, 0.717) is 0 Å². The van der Waals surface area contributed by atoms with Crippen molar-refractivity contribution >= 4 is 5.69 Å². The molecule has 0 heterocycles. The van der Waals surface area contributed by atoms with E-state index in [9.17, 15) is 9.50 Å². The Kier molecular flexibility index (Phi) is 3.74. The topological polar surface area (TPSA) is 32.3 Å². The Morgan fingerprint density at radius 1 is 1.11 bits per heavy atom. The molecule has 3 heteroatoms. The molecule has 0 saturated heterocycles. The Balaban J connectivity index is 2.27. The molecule has 100 valence electrons. The number of benzene rings is 2. The zero-order valence-corrected chi connectivity index (χ0v) is 11.4. The molecule has 2 rings (SSSR count). The van der Waals surface area contributed by atoms with Crippen LogP contribution < -0.4 is 5.32 Å². The van der Waals surface area contributed by atoms with Gasteiger partial charge >= 0.3 is 0 Å².